The Morgan fingerprint density at radius 3 is 2.50 bits per heavy atom. The molecular weight excluding hydrogens is 476 g/mol. The molecule has 7 heteroatoms. The summed E-state index contributed by atoms with van der Waals surface area (Å²) in [5.74, 6) is -0.982. The van der Waals surface area contributed by atoms with Crippen LogP contribution in [0.3, 0.4) is 0 Å². The molecule has 4 aromatic rings. The maximum Gasteiger partial charge on any atom is 0.295 e. The fraction of sp³-hybridized carbons (Fsp3) is 0.172. The second-order valence-electron chi connectivity index (χ2n) is 8.58. The number of aromatic nitrogens is 1. The van der Waals surface area contributed by atoms with E-state index in [1.54, 1.807) is 48.5 Å². The van der Waals surface area contributed by atoms with E-state index < -0.39 is 17.7 Å². The molecule has 5 rings (SSSR count). The molecule has 0 saturated carbocycles. The molecule has 1 aromatic heterocycles. The van der Waals surface area contributed by atoms with E-state index in [2.05, 4.69) is 4.98 Å². The van der Waals surface area contributed by atoms with Crippen molar-refractivity contribution in [1.29, 1.82) is 0 Å². The van der Waals surface area contributed by atoms with Crippen molar-refractivity contribution in [2.45, 2.75) is 19.4 Å². The zero-order chi connectivity index (χ0) is 25.2. The number of aliphatic hydroxyl groups is 1. The maximum atomic E-state index is 13.3. The van der Waals surface area contributed by atoms with E-state index in [0.29, 0.717) is 34.9 Å². The largest absolute Gasteiger partial charge is 0.507 e. The number of Topliss-reactive ketones (excluding diaryl/α,β-unsaturated/α-hetero) is 1. The predicted molar refractivity (Wildman–Crippen MR) is 140 cm³/mol. The second kappa shape index (κ2) is 9.91. The normalized spacial score (nSPS) is 17.2. The van der Waals surface area contributed by atoms with Gasteiger partial charge in [-0.25, -0.2) is 0 Å². The van der Waals surface area contributed by atoms with E-state index in [1.807, 2.05) is 37.4 Å². The first-order chi connectivity index (χ1) is 17.5. The molecule has 182 valence electrons. The fourth-order valence-electron chi connectivity index (χ4n) is 4.74. The van der Waals surface area contributed by atoms with E-state index >= 15 is 0 Å². The van der Waals surface area contributed by atoms with Crippen LogP contribution in [0, 0.1) is 0 Å². The van der Waals surface area contributed by atoms with Gasteiger partial charge in [0.15, 0.2) is 0 Å². The van der Waals surface area contributed by atoms with Gasteiger partial charge in [-0.05, 0) is 60.9 Å². The zero-order valence-electron chi connectivity index (χ0n) is 19.7. The van der Waals surface area contributed by atoms with Crippen molar-refractivity contribution < 1.29 is 19.4 Å². The van der Waals surface area contributed by atoms with Gasteiger partial charge in [-0.1, -0.05) is 48.0 Å². The maximum absolute atomic E-state index is 13.3. The van der Waals surface area contributed by atoms with Gasteiger partial charge in [-0.3, -0.25) is 9.59 Å². The molecule has 36 heavy (non-hydrogen) atoms. The average molecular weight is 501 g/mol. The fourth-order valence-corrected chi connectivity index (χ4v) is 4.98. The van der Waals surface area contributed by atoms with Gasteiger partial charge < -0.3 is 19.7 Å². The first-order valence-corrected chi connectivity index (χ1v) is 12.2. The number of ketones is 1. The minimum atomic E-state index is -0.810. The third-order valence-corrected chi connectivity index (χ3v) is 6.82. The summed E-state index contributed by atoms with van der Waals surface area (Å²) in [5.41, 5.74) is 3.08. The van der Waals surface area contributed by atoms with Crippen LogP contribution in [0.2, 0.25) is 5.02 Å². The monoisotopic (exact) mass is 500 g/mol. The highest BCUT2D eigenvalue weighted by molar-refractivity contribution is 6.47. The number of ether oxygens (including phenoxy) is 1. The van der Waals surface area contributed by atoms with Crippen LogP contribution >= 0.6 is 11.6 Å². The predicted octanol–water partition coefficient (Wildman–Crippen LogP) is 5.88. The summed E-state index contributed by atoms with van der Waals surface area (Å²) in [6.07, 6.45) is 2.45. The first-order valence-electron chi connectivity index (χ1n) is 11.8. The Morgan fingerprint density at radius 2 is 1.75 bits per heavy atom. The molecule has 1 unspecified atom stereocenters. The molecule has 1 aliphatic heterocycles. The molecule has 1 atom stereocenters. The number of hydrogen-bond acceptors (Lipinski definition) is 4. The van der Waals surface area contributed by atoms with Crippen molar-refractivity contribution in [3.63, 3.8) is 0 Å². The number of nitrogens with one attached hydrogen (secondary N) is 1. The Labute approximate surface area is 213 Å². The van der Waals surface area contributed by atoms with E-state index in [-0.39, 0.29) is 17.9 Å². The summed E-state index contributed by atoms with van der Waals surface area (Å²) in [7, 11) is 0. The Morgan fingerprint density at radius 1 is 1.03 bits per heavy atom. The number of nitrogens with zero attached hydrogens (tertiary/aromatic N) is 1. The molecule has 1 fully saturated rings. The lowest BCUT2D eigenvalue weighted by atomic mass is 9.95. The number of hydrogen-bond donors (Lipinski definition) is 2. The molecule has 1 aliphatic rings. The highest BCUT2D eigenvalue weighted by Crippen LogP contribution is 2.42. The van der Waals surface area contributed by atoms with Gasteiger partial charge in [0.05, 0.1) is 18.2 Å². The molecule has 3 aromatic carbocycles. The van der Waals surface area contributed by atoms with E-state index in [4.69, 9.17) is 16.3 Å². The summed E-state index contributed by atoms with van der Waals surface area (Å²) in [6, 6.07) is 21.0. The number of benzene rings is 3. The SMILES string of the molecule is CCOc1ccc(C(O)=C2C(=O)C(=O)N(CCc3c[nH]c4ccccc34)C2c2ccccc2Cl)cc1. The number of carbonyl (C=O) groups is 2. The molecular formula is C29H25ClN2O4. The minimum absolute atomic E-state index is 0.0242. The van der Waals surface area contributed by atoms with Gasteiger partial charge in [-0.15, -0.1) is 0 Å². The van der Waals surface area contributed by atoms with Crippen LogP contribution < -0.4 is 4.74 Å². The van der Waals surface area contributed by atoms with Crippen molar-refractivity contribution in [2.24, 2.45) is 0 Å². The van der Waals surface area contributed by atoms with Gasteiger partial charge in [-0.2, -0.15) is 0 Å². The molecule has 0 bridgehead atoms. The van der Waals surface area contributed by atoms with Crippen molar-refractivity contribution in [3.8, 4) is 5.75 Å². The molecule has 6 nitrogen and oxygen atoms in total. The molecule has 2 heterocycles. The van der Waals surface area contributed by atoms with Crippen LogP contribution in [-0.2, 0) is 16.0 Å². The molecule has 0 aliphatic carbocycles. The van der Waals surface area contributed by atoms with Crippen molar-refractivity contribution >= 4 is 40.0 Å². The number of rotatable bonds is 7. The minimum Gasteiger partial charge on any atom is -0.507 e. The zero-order valence-corrected chi connectivity index (χ0v) is 20.5. The van der Waals surface area contributed by atoms with Gasteiger partial charge >= 0.3 is 0 Å². The summed E-state index contributed by atoms with van der Waals surface area (Å²) >= 11 is 6.54. The number of carbonyl (C=O) groups excluding carboxylic acids is 2. The number of fused-ring (bicyclic) bond motifs is 1. The van der Waals surface area contributed by atoms with Gasteiger partial charge in [0.25, 0.3) is 11.7 Å². The van der Waals surface area contributed by atoms with E-state index in [1.165, 1.54) is 4.90 Å². The lowest BCUT2D eigenvalue weighted by Gasteiger charge is -2.26. The van der Waals surface area contributed by atoms with Crippen LogP contribution in [-0.4, -0.2) is 39.8 Å². The number of halogens is 1. The molecule has 2 N–H and O–H groups in total. The summed E-state index contributed by atoms with van der Waals surface area (Å²) < 4.78 is 5.48. The highest BCUT2D eigenvalue weighted by Gasteiger charge is 2.46. The Balaban J connectivity index is 1.55. The van der Waals surface area contributed by atoms with E-state index in [0.717, 1.165) is 16.5 Å². The van der Waals surface area contributed by atoms with Crippen molar-refractivity contribution in [3.05, 3.63) is 106 Å². The smallest absolute Gasteiger partial charge is 0.295 e. The molecule has 1 amide bonds. The third kappa shape index (κ3) is 4.25. The number of H-pyrrole nitrogens is 1. The summed E-state index contributed by atoms with van der Waals surface area (Å²) in [5, 5.41) is 12.7. The Kier molecular flexibility index (Phi) is 6.53. The van der Waals surface area contributed by atoms with Gasteiger partial charge in [0.1, 0.15) is 11.5 Å². The molecule has 1 saturated heterocycles. The summed E-state index contributed by atoms with van der Waals surface area (Å²) in [6.45, 7) is 2.68. The Hall–Kier alpha value is -4.03. The van der Waals surface area contributed by atoms with Crippen LogP contribution in [0.5, 0.6) is 5.75 Å². The van der Waals surface area contributed by atoms with Crippen molar-refractivity contribution in [2.75, 3.05) is 13.2 Å². The molecule has 0 radical (unpaired) electrons. The van der Waals surface area contributed by atoms with Crippen LogP contribution in [0.15, 0.2) is 84.6 Å². The van der Waals surface area contributed by atoms with Gasteiger partial charge in [0.2, 0.25) is 0 Å². The summed E-state index contributed by atoms with van der Waals surface area (Å²) in [4.78, 5) is 31.3. The van der Waals surface area contributed by atoms with Crippen LogP contribution in [0.25, 0.3) is 16.7 Å². The van der Waals surface area contributed by atoms with Crippen LogP contribution in [0.1, 0.15) is 29.7 Å². The number of likely N-dealkylation sites (tertiary alicyclic amines) is 1. The van der Waals surface area contributed by atoms with Crippen LogP contribution in [0.4, 0.5) is 0 Å². The molecule has 0 spiro atoms. The first kappa shape index (κ1) is 23.7. The quantitative estimate of drug-likeness (QED) is 0.188. The lowest BCUT2D eigenvalue weighted by Crippen LogP contribution is -2.31. The highest BCUT2D eigenvalue weighted by atomic mass is 35.5. The van der Waals surface area contributed by atoms with E-state index in [9.17, 15) is 14.7 Å². The number of para-hydroxylation sites is 1. The topological polar surface area (TPSA) is 82.6 Å². The standard InChI is InChI=1S/C29H25ClN2O4/c1-2-36-20-13-11-18(12-14-20)27(33)25-26(22-8-3-5-9-23(22)30)32(29(35)28(25)34)16-15-19-17-31-24-10-6-4-7-21(19)24/h3-14,17,26,31,33H,2,15-16H2,1H3. The third-order valence-electron chi connectivity index (χ3n) is 6.48. The second-order valence-corrected chi connectivity index (χ2v) is 8.99. The lowest BCUT2D eigenvalue weighted by molar-refractivity contribution is -0.139. The number of aliphatic hydroxyl groups excluding tert-OH is 1. The number of amides is 1. The van der Waals surface area contributed by atoms with Gasteiger partial charge in [0, 0.05) is 34.2 Å². The number of aromatic amines is 1. The average Bonchev–Trinajstić information content (AvgIpc) is 3.42. The Bertz CT molecular complexity index is 1470. The van der Waals surface area contributed by atoms with Crippen molar-refractivity contribution in [1.82, 2.24) is 9.88 Å².